The molecule has 0 aliphatic carbocycles. The van der Waals surface area contributed by atoms with Gasteiger partial charge in [-0.05, 0) is 31.7 Å². The van der Waals surface area contributed by atoms with Gasteiger partial charge in [0.25, 0.3) is 6.02 Å². The highest BCUT2D eigenvalue weighted by Gasteiger charge is 2.41. The van der Waals surface area contributed by atoms with Crippen LogP contribution < -0.4 is 0 Å². The molecule has 2 saturated heterocycles. The second-order valence-corrected chi connectivity index (χ2v) is 5.01. The Morgan fingerprint density at radius 3 is 3.06 bits per heavy atom. The quantitative estimate of drug-likeness (QED) is 0.805. The number of hydrogen-bond acceptors (Lipinski definition) is 2. The molecule has 2 aliphatic rings. The predicted molar refractivity (Wildman–Crippen MR) is 67.1 cm³/mol. The van der Waals surface area contributed by atoms with E-state index in [1.165, 1.54) is 24.0 Å². The van der Waals surface area contributed by atoms with Crippen LogP contribution in [0.3, 0.4) is 0 Å². The van der Waals surface area contributed by atoms with E-state index in [9.17, 15) is 0 Å². The minimum atomic E-state index is 0.0581. The maximum Gasteiger partial charge on any atom is 0.285 e. The second kappa shape index (κ2) is 4.06. The summed E-state index contributed by atoms with van der Waals surface area (Å²) in [6.07, 6.45) is 3.63. The molecular weight excluding hydrogens is 212 g/mol. The van der Waals surface area contributed by atoms with Crippen LogP contribution in [0.1, 0.15) is 36.5 Å². The van der Waals surface area contributed by atoms with E-state index >= 15 is 0 Å². The first-order chi connectivity index (χ1) is 8.25. The van der Waals surface area contributed by atoms with E-state index in [1.54, 1.807) is 0 Å². The SMILES string of the molecule is Cc1cccc([C@@H]2OC(=N)N3CCCC[C@H]23)c1. The van der Waals surface area contributed by atoms with Crippen molar-refractivity contribution in [2.24, 2.45) is 0 Å². The normalized spacial score (nSPS) is 27.8. The topological polar surface area (TPSA) is 36.3 Å². The molecule has 0 aromatic heterocycles. The molecule has 2 fully saturated rings. The van der Waals surface area contributed by atoms with Gasteiger partial charge in [0.2, 0.25) is 0 Å². The monoisotopic (exact) mass is 230 g/mol. The zero-order valence-corrected chi connectivity index (χ0v) is 10.1. The first-order valence-electron chi connectivity index (χ1n) is 6.34. The fraction of sp³-hybridized carbons (Fsp3) is 0.500. The van der Waals surface area contributed by atoms with Crippen molar-refractivity contribution in [2.45, 2.75) is 38.3 Å². The molecule has 3 nitrogen and oxygen atoms in total. The van der Waals surface area contributed by atoms with Gasteiger partial charge in [0.1, 0.15) is 6.10 Å². The van der Waals surface area contributed by atoms with E-state index < -0.39 is 0 Å². The summed E-state index contributed by atoms with van der Waals surface area (Å²) in [6, 6.07) is 9.20. The molecule has 1 aromatic rings. The molecule has 0 bridgehead atoms. The Bertz CT molecular complexity index is 444. The van der Waals surface area contributed by atoms with E-state index in [0.717, 1.165) is 13.0 Å². The zero-order valence-electron chi connectivity index (χ0n) is 10.1. The number of benzene rings is 1. The summed E-state index contributed by atoms with van der Waals surface area (Å²) in [5.74, 6) is 0. The minimum absolute atomic E-state index is 0.0581. The number of rotatable bonds is 1. The number of aryl methyl sites for hydroxylation is 1. The van der Waals surface area contributed by atoms with Gasteiger partial charge in [0, 0.05) is 6.54 Å². The van der Waals surface area contributed by atoms with Crippen LogP contribution in [0.5, 0.6) is 0 Å². The maximum absolute atomic E-state index is 7.91. The second-order valence-electron chi connectivity index (χ2n) is 5.01. The van der Waals surface area contributed by atoms with E-state index in [-0.39, 0.29) is 6.10 Å². The van der Waals surface area contributed by atoms with Crippen LogP contribution in [0.15, 0.2) is 24.3 Å². The van der Waals surface area contributed by atoms with Gasteiger partial charge in [-0.3, -0.25) is 5.41 Å². The van der Waals surface area contributed by atoms with Gasteiger partial charge in [0.15, 0.2) is 0 Å². The van der Waals surface area contributed by atoms with Gasteiger partial charge >= 0.3 is 0 Å². The molecule has 0 spiro atoms. The molecule has 2 heterocycles. The first-order valence-corrected chi connectivity index (χ1v) is 6.34. The molecule has 1 N–H and O–H groups in total. The Kier molecular flexibility index (Phi) is 2.54. The molecule has 0 radical (unpaired) electrons. The highest BCUT2D eigenvalue weighted by atomic mass is 16.5. The van der Waals surface area contributed by atoms with Crippen molar-refractivity contribution in [1.29, 1.82) is 5.41 Å². The van der Waals surface area contributed by atoms with Gasteiger partial charge in [-0.1, -0.05) is 29.8 Å². The Morgan fingerprint density at radius 1 is 1.35 bits per heavy atom. The summed E-state index contributed by atoms with van der Waals surface area (Å²) in [5, 5.41) is 7.91. The van der Waals surface area contributed by atoms with E-state index in [2.05, 4.69) is 36.1 Å². The van der Waals surface area contributed by atoms with Crippen LogP contribution in [-0.2, 0) is 4.74 Å². The lowest BCUT2D eigenvalue weighted by Gasteiger charge is -2.29. The summed E-state index contributed by atoms with van der Waals surface area (Å²) < 4.78 is 5.76. The largest absolute Gasteiger partial charge is 0.455 e. The average Bonchev–Trinajstić information content (AvgIpc) is 2.68. The molecule has 3 heteroatoms. The summed E-state index contributed by atoms with van der Waals surface area (Å²) >= 11 is 0. The predicted octanol–water partition coefficient (Wildman–Crippen LogP) is 2.86. The Labute approximate surface area is 102 Å². The minimum Gasteiger partial charge on any atom is -0.455 e. The average molecular weight is 230 g/mol. The molecule has 0 amide bonds. The van der Waals surface area contributed by atoms with Gasteiger partial charge in [0.05, 0.1) is 6.04 Å². The summed E-state index contributed by atoms with van der Waals surface area (Å²) in [6.45, 7) is 3.08. The fourth-order valence-corrected chi connectivity index (χ4v) is 2.93. The van der Waals surface area contributed by atoms with Crippen molar-refractivity contribution in [3.05, 3.63) is 35.4 Å². The number of hydrogen-bond donors (Lipinski definition) is 1. The Balaban J connectivity index is 1.91. The third kappa shape index (κ3) is 1.79. The van der Waals surface area contributed by atoms with Crippen molar-refractivity contribution in [1.82, 2.24) is 4.90 Å². The zero-order chi connectivity index (χ0) is 11.8. The Morgan fingerprint density at radius 2 is 2.24 bits per heavy atom. The molecule has 90 valence electrons. The molecule has 3 rings (SSSR count). The summed E-state index contributed by atoms with van der Waals surface area (Å²) in [5.41, 5.74) is 2.47. The van der Waals surface area contributed by atoms with Crippen LogP contribution >= 0.6 is 0 Å². The molecule has 0 unspecified atom stereocenters. The number of piperidine rings is 1. The standard InChI is InChI=1S/C14H18N2O/c1-10-5-4-6-11(9-10)13-12-7-2-3-8-16(12)14(15)17-13/h4-6,9,12-13,15H,2-3,7-8H2,1H3/t12-,13+/m1/s1. The van der Waals surface area contributed by atoms with Crippen LogP contribution in [0.25, 0.3) is 0 Å². The number of nitrogens with one attached hydrogen (secondary N) is 1. The van der Waals surface area contributed by atoms with Gasteiger partial charge in [-0.15, -0.1) is 0 Å². The fourth-order valence-electron chi connectivity index (χ4n) is 2.93. The molecule has 2 aliphatic heterocycles. The van der Waals surface area contributed by atoms with Crippen LogP contribution in [0, 0.1) is 12.3 Å². The van der Waals surface area contributed by atoms with Crippen molar-refractivity contribution >= 4 is 6.02 Å². The smallest absolute Gasteiger partial charge is 0.285 e. The van der Waals surface area contributed by atoms with E-state index in [0.29, 0.717) is 12.1 Å². The highest BCUT2D eigenvalue weighted by molar-refractivity contribution is 5.73. The van der Waals surface area contributed by atoms with Gasteiger partial charge in [-0.25, -0.2) is 0 Å². The molecule has 1 aromatic carbocycles. The Hall–Kier alpha value is -1.51. The lowest BCUT2D eigenvalue weighted by atomic mass is 9.94. The van der Waals surface area contributed by atoms with E-state index in [1.807, 2.05) is 0 Å². The van der Waals surface area contributed by atoms with Gasteiger partial charge < -0.3 is 9.64 Å². The van der Waals surface area contributed by atoms with Crippen LogP contribution in [0.4, 0.5) is 0 Å². The lowest BCUT2D eigenvalue weighted by Crippen LogP contribution is -2.38. The molecule has 2 atom stereocenters. The number of amidine groups is 1. The van der Waals surface area contributed by atoms with E-state index in [4.69, 9.17) is 10.1 Å². The number of ether oxygens (including phenoxy) is 1. The van der Waals surface area contributed by atoms with Gasteiger partial charge in [-0.2, -0.15) is 0 Å². The highest BCUT2D eigenvalue weighted by Crippen LogP contribution is 2.37. The van der Waals surface area contributed by atoms with Crippen molar-refractivity contribution in [2.75, 3.05) is 6.54 Å². The van der Waals surface area contributed by atoms with Crippen molar-refractivity contribution in [3.8, 4) is 0 Å². The first kappa shape index (κ1) is 10.6. The van der Waals surface area contributed by atoms with Crippen molar-refractivity contribution < 1.29 is 4.74 Å². The van der Waals surface area contributed by atoms with Crippen LogP contribution in [0.2, 0.25) is 0 Å². The summed E-state index contributed by atoms with van der Waals surface area (Å²) in [4.78, 5) is 2.12. The lowest BCUT2D eigenvalue weighted by molar-refractivity contribution is 0.167. The molecule has 0 saturated carbocycles. The third-order valence-corrected chi connectivity index (χ3v) is 3.77. The maximum atomic E-state index is 7.91. The number of nitrogens with zero attached hydrogens (tertiary/aromatic N) is 1. The number of fused-ring (bicyclic) bond motifs is 1. The molecule has 17 heavy (non-hydrogen) atoms. The van der Waals surface area contributed by atoms with Crippen molar-refractivity contribution in [3.63, 3.8) is 0 Å². The third-order valence-electron chi connectivity index (χ3n) is 3.77. The molecular formula is C14H18N2O. The van der Waals surface area contributed by atoms with Crippen LogP contribution in [-0.4, -0.2) is 23.5 Å². The summed E-state index contributed by atoms with van der Waals surface area (Å²) in [7, 11) is 0.